The fourth-order valence-electron chi connectivity index (χ4n) is 3.14. The molecule has 2 amide bonds. The molecule has 138 valence electrons. The highest BCUT2D eigenvalue weighted by molar-refractivity contribution is 5.81. The van der Waals surface area contributed by atoms with Crippen LogP contribution in [0.2, 0.25) is 0 Å². The lowest BCUT2D eigenvalue weighted by atomic mass is 9.96. The maximum Gasteiger partial charge on any atom is 0.416 e. The van der Waals surface area contributed by atoms with Crippen molar-refractivity contribution in [3.05, 3.63) is 35.4 Å². The standard InChI is InChI=1S/C18H23F3N2O2/c1-3-16(24)23-9-5-7-14(12-23)17(25)22(2)11-13-6-4-8-15(10-13)18(19,20)21/h4,6,8,10,14H,3,5,7,9,11-12H2,1-2H3. The van der Waals surface area contributed by atoms with Crippen LogP contribution in [-0.4, -0.2) is 41.8 Å². The van der Waals surface area contributed by atoms with Gasteiger partial charge >= 0.3 is 6.18 Å². The fraction of sp³-hybridized carbons (Fsp3) is 0.556. The average Bonchev–Trinajstić information content (AvgIpc) is 2.60. The molecule has 7 heteroatoms. The number of carbonyl (C=O) groups is 2. The summed E-state index contributed by atoms with van der Waals surface area (Å²) in [6.07, 6.45) is -2.54. The molecule has 0 radical (unpaired) electrons. The van der Waals surface area contributed by atoms with Crippen LogP contribution in [0.1, 0.15) is 37.3 Å². The molecule has 0 saturated carbocycles. The van der Waals surface area contributed by atoms with E-state index in [1.54, 1.807) is 24.9 Å². The largest absolute Gasteiger partial charge is 0.416 e. The summed E-state index contributed by atoms with van der Waals surface area (Å²) in [4.78, 5) is 27.6. The maximum absolute atomic E-state index is 12.8. The van der Waals surface area contributed by atoms with E-state index in [4.69, 9.17) is 0 Å². The van der Waals surface area contributed by atoms with E-state index in [2.05, 4.69) is 0 Å². The molecule has 4 nitrogen and oxygen atoms in total. The quantitative estimate of drug-likeness (QED) is 0.830. The topological polar surface area (TPSA) is 40.6 Å². The predicted molar refractivity (Wildman–Crippen MR) is 87.5 cm³/mol. The first kappa shape index (κ1) is 19.3. The van der Waals surface area contributed by atoms with Crippen LogP contribution < -0.4 is 0 Å². The molecule has 0 spiro atoms. The molecule has 1 aromatic carbocycles. The molecule has 0 aliphatic carbocycles. The molecule has 1 saturated heterocycles. The third-order valence-corrected chi connectivity index (χ3v) is 4.48. The van der Waals surface area contributed by atoms with Crippen molar-refractivity contribution in [1.29, 1.82) is 0 Å². The minimum absolute atomic E-state index is 0.0260. The number of piperidine rings is 1. The highest BCUT2D eigenvalue weighted by Crippen LogP contribution is 2.30. The monoisotopic (exact) mass is 356 g/mol. The van der Waals surface area contributed by atoms with E-state index in [0.717, 1.165) is 18.6 Å². The first-order valence-corrected chi connectivity index (χ1v) is 8.41. The molecule has 1 aliphatic rings. The SMILES string of the molecule is CCC(=O)N1CCCC(C(=O)N(C)Cc2cccc(C(F)(F)F)c2)C1. The van der Waals surface area contributed by atoms with Gasteiger partial charge in [-0.15, -0.1) is 0 Å². The Balaban J connectivity index is 2.02. The van der Waals surface area contributed by atoms with Crippen LogP contribution in [0.4, 0.5) is 13.2 Å². The molecule has 0 aromatic heterocycles. The second-order valence-electron chi connectivity index (χ2n) is 6.42. The van der Waals surface area contributed by atoms with E-state index in [1.165, 1.54) is 11.0 Å². The number of amides is 2. The molecule has 0 N–H and O–H groups in total. The van der Waals surface area contributed by atoms with Crippen molar-refractivity contribution < 1.29 is 22.8 Å². The zero-order chi connectivity index (χ0) is 18.6. The van der Waals surface area contributed by atoms with Gasteiger partial charge in [0.25, 0.3) is 0 Å². The smallest absolute Gasteiger partial charge is 0.342 e. The van der Waals surface area contributed by atoms with Gasteiger partial charge in [0, 0.05) is 33.1 Å². The number of carbonyl (C=O) groups excluding carboxylic acids is 2. The van der Waals surface area contributed by atoms with Crippen LogP contribution in [-0.2, 0) is 22.3 Å². The zero-order valence-corrected chi connectivity index (χ0v) is 14.5. The van der Waals surface area contributed by atoms with Crippen LogP contribution in [0.15, 0.2) is 24.3 Å². The Bertz CT molecular complexity index is 631. The van der Waals surface area contributed by atoms with Gasteiger partial charge in [-0.1, -0.05) is 19.1 Å². The van der Waals surface area contributed by atoms with Gasteiger partial charge in [0.05, 0.1) is 11.5 Å². The molecule has 1 fully saturated rings. The number of hydrogen-bond donors (Lipinski definition) is 0. The van der Waals surface area contributed by atoms with E-state index in [9.17, 15) is 22.8 Å². The van der Waals surface area contributed by atoms with Crippen LogP contribution in [0.5, 0.6) is 0 Å². The van der Waals surface area contributed by atoms with Crippen molar-refractivity contribution in [2.75, 3.05) is 20.1 Å². The first-order valence-electron chi connectivity index (χ1n) is 8.41. The normalized spacial score (nSPS) is 18.1. The summed E-state index contributed by atoms with van der Waals surface area (Å²) in [5, 5.41) is 0. The number of hydrogen-bond acceptors (Lipinski definition) is 2. The second-order valence-corrected chi connectivity index (χ2v) is 6.42. The molecule has 1 heterocycles. The first-order chi connectivity index (χ1) is 11.7. The predicted octanol–water partition coefficient (Wildman–Crippen LogP) is 3.31. The Hall–Kier alpha value is -2.05. The third-order valence-electron chi connectivity index (χ3n) is 4.48. The average molecular weight is 356 g/mol. The summed E-state index contributed by atoms with van der Waals surface area (Å²) in [6, 6.07) is 5.00. The van der Waals surface area contributed by atoms with Gasteiger partial charge < -0.3 is 9.80 Å². The fourth-order valence-corrected chi connectivity index (χ4v) is 3.14. The minimum atomic E-state index is -4.40. The molecular weight excluding hydrogens is 333 g/mol. The number of benzene rings is 1. The van der Waals surface area contributed by atoms with Gasteiger partial charge in [-0.2, -0.15) is 13.2 Å². The van der Waals surface area contributed by atoms with Crippen molar-refractivity contribution >= 4 is 11.8 Å². The van der Waals surface area contributed by atoms with E-state index in [0.29, 0.717) is 31.5 Å². The molecule has 0 bridgehead atoms. The molecular formula is C18H23F3N2O2. The summed E-state index contributed by atoms with van der Waals surface area (Å²) < 4.78 is 38.4. The van der Waals surface area contributed by atoms with Gasteiger partial charge in [-0.25, -0.2) is 0 Å². The second kappa shape index (κ2) is 7.89. The summed E-state index contributed by atoms with van der Waals surface area (Å²) in [5.74, 6) is -0.399. The Morgan fingerprint density at radius 3 is 2.68 bits per heavy atom. The lowest BCUT2D eigenvalue weighted by Gasteiger charge is -2.34. The minimum Gasteiger partial charge on any atom is -0.342 e. The van der Waals surface area contributed by atoms with E-state index < -0.39 is 11.7 Å². The Morgan fingerprint density at radius 1 is 1.32 bits per heavy atom. The van der Waals surface area contributed by atoms with Crippen molar-refractivity contribution in [3.8, 4) is 0 Å². The van der Waals surface area contributed by atoms with E-state index in [1.807, 2.05) is 0 Å². The number of nitrogens with zero attached hydrogens (tertiary/aromatic N) is 2. The Morgan fingerprint density at radius 2 is 2.04 bits per heavy atom. The summed E-state index contributed by atoms with van der Waals surface area (Å²) in [7, 11) is 1.59. The lowest BCUT2D eigenvalue weighted by Crippen LogP contribution is -2.45. The van der Waals surface area contributed by atoms with Gasteiger partial charge in [0.2, 0.25) is 11.8 Å². The highest BCUT2D eigenvalue weighted by Gasteiger charge is 2.31. The highest BCUT2D eigenvalue weighted by atomic mass is 19.4. The summed E-state index contributed by atoms with van der Waals surface area (Å²) in [6.45, 7) is 2.95. The number of likely N-dealkylation sites (tertiary alicyclic amines) is 1. The number of halogens is 3. The molecule has 1 atom stereocenters. The van der Waals surface area contributed by atoms with Gasteiger partial charge in [-0.3, -0.25) is 9.59 Å². The molecule has 25 heavy (non-hydrogen) atoms. The summed E-state index contributed by atoms with van der Waals surface area (Å²) in [5.41, 5.74) is -0.286. The van der Waals surface area contributed by atoms with Crippen LogP contribution in [0, 0.1) is 5.92 Å². The third kappa shape index (κ3) is 4.96. The van der Waals surface area contributed by atoms with Gasteiger partial charge in [0.1, 0.15) is 0 Å². The maximum atomic E-state index is 12.8. The zero-order valence-electron chi connectivity index (χ0n) is 14.5. The van der Waals surface area contributed by atoms with Crippen molar-refractivity contribution in [2.45, 2.75) is 38.9 Å². The van der Waals surface area contributed by atoms with E-state index in [-0.39, 0.29) is 24.3 Å². The summed E-state index contributed by atoms with van der Waals surface area (Å²) >= 11 is 0. The van der Waals surface area contributed by atoms with Crippen molar-refractivity contribution in [2.24, 2.45) is 5.92 Å². The number of rotatable bonds is 4. The van der Waals surface area contributed by atoms with E-state index >= 15 is 0 Å². The van der Waals surface area contributed by atoms with Crippen molar-refractivity contribution in [1.82, 2.24) is 9.80 Å². The van der Waals surface area contributed by atoms with Crippen LogP contribution in [0.25, 0.3) is 0 Å². The lowest BCUT2D eigenvalue weighted by molar-refractivity contribution is -0.140. The molecule has 1 aliphatic heterocycles. The number of alkyl halides is 3. The Kier molecular flexibility index (Phi) is 6.08. The Labute approximate surface area is 145 Å². The molecule has 1 unspecified atom stereocenters. The van der Waals surface area contributed by atoms with Crippen LogP contribution in [0.3, 0.4) is 0 Å². The van der Waals surface area contributed by atoms with Gasteiger partial charge in [-0.05, 0) is 30.5 Å². The van der Waals surface area contributed by atoms with Gasteiger partial charge in [0.15, 0.2) is 0 Å². The van der Waals surface area contributed by atoms with Crippen molar-refractivity contribution in [3.63, 3.8) is 0 Å². The molecule has 1 aromatic rings. The molecule has 2 rings (SSSR count). The van der Waals surface area contributed by atoms with Crippen LogP contribution >= 0.6 is 0 Å².